The summed E-state index contributed by atoms with van der Waals surface area (Å²) in [5.74, 6) is 0.0788. The summed E-state index contributed by atoms with van der Waals surface area (Å²) in [6, 6.07) is 6.16. The van der Waals surface area contributed by atoms with E-state index >= 15 is 0 Å². The predicted molar refractivity (Wildman–Crippen MR) is 101 cm³/mol. The fourth-order valence-corrected chi connectivity index (χ4v) is 4.47. The first-order chi connectivity index (χ1) is 13.1. The van der Waals surface area contributed by atoms with Gasteiger partial charge in [-0.25, -0.2) is 4.39 Å². The van der Waals surface area contributed by atoms with Crippen molar-refractivity contribution in [2.24, 2.45) is 5.92 Å². The lowest BCUT2D eigenvalue weighted by Crippen LogP contribution is -2.58. The van der Waals surface area contributed by atoms with E-state index in [1.807, 2.05) is 0 Å². The van der Waals surface area contributed by atoms with Crippen LogP contribution in [0.5, 0.6) is 0 Å². The van der Waals surface area contributed by atoms with E-state index in [-0.39, 0.29) is 17.9 Å². The highest BCUT2D eigenvalue weighted by Crippen LogP contribution is 2.32. The van der Waals surface area contributed by atoms with E-state index in [1.54, 1.807) is 17.0 Å². The largest absolute Gasteiger partial charge is 0.352 e. The molecule has 146 valence electrons. The van der Waals surface area contributed by atoms with Gasteiger partial charge in [0.05, 0.1) is 6.04 Å². The van der Waals surface area contributed by atoms with Gasteiger partial charge in [0, 0.05) is 37.8 Å². The van der Waals surface area contributed by atoms with Crippen LogP contribution in [0.25, 0.3) is 0 Å². The molecule has 2 saturated carbocycles. The molecule has 0 bridgehead atoms. The first kappa shape index (κ1) is 18.4. The van der Waals surface area contributed by atoms with Crippen molar-refractivity contribution in [1.29, 1.82) is 0 Å². The van der Waals surface area contributed by atoms with E-state index in [0.717, 1.165) is 25.7 Å². The second-order valence-electron chi connectivity index (χ2n) is 8.11. The molecule has 5 nitrogen and oxygen atoms in total. The van der Waals surface area contributed by atoms with Crippen LogP contribution in [0, 0.1) is 11.7 Å². The third-order valence-electron chi connectivity index (χ3n) is 6.11. The highest BCUT2D eigenvalue weighted by molar-refractivity contribution is 5.94. The minimum atomic E-state index is -0.391. The third-order valence-corrected chi connectivity index (χ3v) is 6.11. The molecule has 0 spiro atoms. The average Bonchev–Trinajstić information content (AvgIpc) is 3.32. The van der Waals surface area contributed by atoms with E-state index in [1.165, 1.54) is 25.0 Å². The van der Waals surface area contributed by atoms with Crippen LogP contribution < -0.4 is 5.32 Å². The summed E-state index contributed by atoms with van der Waals surface area (Å²) in [5, 5.41) is 3.19. The fourth-order valence-electron chi connectivity index (χ4n) is 4.47. The molecule has 4 rings (SSSR count). The van der Waals surface area contributed by atoms with Crippen molar-refractivity contribution in [2.75, 3.05) is 26.2 Å². The van der Waals surface area contributed by atoms with Gasteiger partial charge in [0.25, 0.3) is 5.91 Å². The molecule has 0 radical (unpaired) electrons. The second-order valence-corrected chi connectivity index (χ2v) is 8.11. The Hall–Kier alpha value is -1.95. The summed E-state index contributed by atoms with van der Waals surface area (Å²) in [7, 11) is 0. The van der Waals surface area contributed by atoms with Gasteiger partial charge in [-0.3, -0.25) is 14.5 Å². The maximum Gasteiger partial charge on any atom is 0.254 e. The molecule has 1 aromatic rings. The maximum atomic E-state index is 13.4. The molecule has 1 unspecified atom stereocenters. The smallest absolute Gasteiger partial charge is 0.254 e. The van der Waals surface area contributed by atoms with Crippen LogP contribution in [0.4, 0.5) is 4.39 Å². The Morgan fingerprint density at radius 1 is 1.04 bits per heavy atom. The van der Waals surface area contributed by atoms with Gasteiger partial charge >= 0.3 is 0 Å². The third kappa shape index (κ3) is 4.32. The Balaban J connectivity index is 1.39. The normalized spacial score (nSPS) is 22.6. The molecular formula is C21H28FN3O2. The summed E-state index contributed by atoms with van der Waals surface area (Å²) >= 11 is 0. The Kier molecular flexibility index (Phi) is 5.43. The molecule has 1 aromatic carbocycles. The number of hydrogen-bond donors (Lipinski definition) is 1. The molecule has 3 fully saturated rings. The monoisotopic (exact) mass is 373 g/mol. The number of nitrogens with zero attached hydrogens (tertiary/aromatic N) is 2. The van der Waals surface area contributed by atoms with Crippen molar-refractivity contribution in [3.63, 3.8) is 0 Å². The van der Waals surface area contributed by atoms with Crippen molar-refractivity contribution in [2.45, 2.75) is 50.6 Å². The van der Waals surface area contributed by atoms with Gasteiger partial charge < -0.3 is 10.2 Å². The molecule has 1 atom stereocenters. The van der Waals surface area contributed by atoms with Crippen LogP contribution in [-0.4, -0.2) is 59.9 Å². The van der Waals surface area contributed by atoms with Gasteiger partial charge in [0.15, 0.2) is 0 Å². The molecule has 1 heterocycles. The molecule has 2 amide bonds. The Bertz CT molecular complexity index is 692. The molecule has 0 aromatic heterocycles. The van der Waals surface area contributed by atoms with Crippen LogP contribution in [0.3, 0.4) is 0 Å². The maximum absolute atomic E-state index is 13.4. The Morgan fingerprint density at radius 2 is 1.74 bits per heavy atom. The zero-order valence-electron chi connectivity index (χ0n) is 15.7. The summed E-state index contributed by atoms with van der Waals surface area (Å²) in [6.07, 6.45) is 6.83. The lowest BCUT2D eigenvalue weighted by atomic mass is 9.95. The number of carbonyl (C=O) groups is 2. The van der Waals surface area contributed by atoms with Gasteiger partial charge in [-0.15, -0.1) is 0 Å². The van der Waals surface area contributed by atoms with E-state index < -0.39 is 5.82 Å². The van der Waals surface area contributed by atoms with Crippen molar-refractivity contribution in [3.8, 4) is 0 Å². The topological polar surface area (TPSA) is 52.7 Å². The number of rotatable bonds is 5. The summed E-state index contributed by atoms with van der Waals surface area (Å²) in [4.78, 5) is 29.6. The first-order valence-corrected chi connectivity index (χ1v) is 10.2. The number of carbonyl (C=O) groups excluding carboxylic acids is 2. The average molecular weight is 373 g/mol. The number of piperazine rings is 1. The first-order valence-electron chi connectivity index (χ1n) is 10.2. The highest BCUT2D eigenvalue weighted by atomic mass is 19.1. The SMILES string of the molecule is O=C(NC1CC1)C(C1CCCC1)N1CCN(C(=O)c2cccc(F)c2)CC1. The van der Waals surface area contributed by atoms with Crippen LogP contribution in [0.15, 0.2) is 24.3 Å². The Labute approximate surface area is 159 Å². The van der Waals surface area contributed by atoms with Crippen LogP contribution in [0.1, 0.15) is 48.9 Å². The second kappa shape index (κ2) is 7.97. The van der Waals surface area contributed by atoms with Crippen LogP contribution >= 0.6 is 0 Å². The van der Waals surface area contributed by atoms with E-state index in [4.69, 9.17) is 0 Å². The van der Waals surface area contributed by atoms with Gasteiger partial charge in [-0.2, -0.15) is 0 Å². The molecule has 2 aliphatic carbocycles. The standard InChI is InChI=1S/C21H28FN3O2/c22-17-7-3-6-16(14-17)21(27)25-12-10-24(11-13-25)19(15-4-1-2-5-15)20(26)23-18-8-9-18/h3,6-7,14-15,18-19H,1-2,4-5,8-13H2,(H,23,26). The molecule has 1 saturated heterocycles. The number of nitrogens with one attached hydrogen (secondary N) is 1. The van der Waals surface area contributed by atoms with Crippen LogP contribution in [-0.2, 0) is 4.79 Å². The molecular weight excluding hydrogens is 345 g/mol. The molecule has 1 aliphatic heterocycles. The summed E-state index contributed by atoms with van der Waals surface area (Å²) in [6.45, 7) is 2.55. The van der Waals surface area contributed by atoms with E-state index in [2.05, 4.69) is 10.2 Å². The van der Waals surface area contributed by atoms with E-state index in [0.29, 0.717) is 43.7 Å². The van der Waals surface area contributed by atoms with Crippen LogP contribution in [0.2, 0.25) is 0 Å². The summed E-state index contributed by atoms with van der Waals surface area (Å²) < 4.78 is 13.4. The zero-order valence-corrected chi connectivity index (χ0v) is 15.7. The lowest BCUT2D eigenvalue weighted by molar-refractivity contribution is -0.129. The van der Waals surface area contributed by atoms with Crippen molar-refractivity contribution in [1.82, 2.24) is 15.1 Å². The Morgan fingerprint density at radius 3 is 2.37 bits per heavy atom. The van der Waals surface area contributed by atoms with Crippen molar-refractivity contribution < 1.29 is 14.0 Å². The number of amides is 2. The number of benzene rings is 1. The van der Waals surface area contributed by atoms with Crippen molar-refractivity contribution >= 4 is 11.8 Å². The zero-order chi connectivity index (χ0) is 18.8. The summed E-state index contributed by atoms with van der Waals surface area (Å²) in [5.41, 5.74) is 0.391. The van der Waals surface area contributed by atoms with Gasteiger partial charge in [-0.05, 0) is 49.8 Å². The fraction of sp³-hybridized carbons (Fsp3) is 0.619. The predicted octanol–water partition coefficient (Wildman–Crippen LogP) is 2.42. The number of halogens is 1. The van der Waals surface area contributed by atoms with Crippen molar-refractivity contribution in [3.05, 3.63) is 35.6 Å². The van der Waals surface area contributed by atoms with Gasteiger partial charge in [0.1, 0.15) is 5.82 Å². The highest BCUT2D eigenvalue weighted by Gasteiger charge is 2.39. The molecule has 27 heavy (non-hydrogen) atoms. The lowest BCUT2D eigenvalue weighted by Gasteiger charge is -2.40. The quantitative estimate of drug-likeness (QED) is 0.862. The van der Waals surface area contributed by atoms with E-state index in [9.17, 15) is 14.0 Å². The molecule has 6 heteroatoms. The molecule has 1 N–H and O–H groups in total. The molecule has 3 aliphatic rings. The van der Waals surface area contributed by atoms with Gasteiger partial charge in [-0.1, -0.05) is 18.9 Å². The van der Waals surface area contributed by atoms with Gasteiger partial charge in [0.2, 0.25) is 5.91 Å². The minimum absolute atomic E-state index is 0.0699. The minimum Gasteiger partial charge on any atom is -0.352 e. The number of hydrogen-bond acceptors (Lipinski definition) is 3.